The Bertz CT molecular complexity index is 1300. The monoisotopic (exact) mass is 527 g/mol. The number of benzene rings is 2. The molecule has 11 heteroatoms. The summed E-state index contributed by atoms with van der Waals surface area (Å²) in [4.78, 5) is 29.4. The predicted octanol–water partition coefficient (Wildman–Crippen LogP) is 5.44. The van der Waals surface area contributed by atoms with Gasteiger partial charge in [0.2, 0.25) is 0 Å². The Hall–Kier alpha value is -2.58. The number of carbonyl (C=O) groups excluding carboxylic acids is 2. The molecule has 2 amide bonds. The van der Waals surface area contributed by atoms with Crippen LogP contribution in [0.2, 0.25) is 10.0 Å². The number of pyridine rings is 1. The van der Waals surface area contributed by atoms with Crippen LogP contribution in [-0.4, -0.2) is 26.1 Å². The zero-order valence-corrected chi connectivity index (χ0v) is 19.5. The van der Waals surface area contributed by atoms with Crippen molar-refractivity contribution in [2.75, 3.05) is 5.32 Å². The normalized spacial score (nSPS) is 19.2. The predicted molar refractivity (Wildman–Crippen MR) is 124 cm³/mol. The minimum absolute atomic E-state index is 0.105. The molecule has 1 aliphatic rings. The Morgan fingerprint density at radius 2 is 1.67 bits per heavy atom. The SMILES string of the molecule is O=C(Nc1ccc(F)cc1)c1cc(=NC(=O)[C@@H]2[C@@H](c3cc(Cl)cc(Cl)c3)C2(Cl)Cl)ccn1O. The van der Waals surface area contributed by atoms with Crippen molar-refractivity contribution in [2.24, 2.45) is 10.9 Å². The third-order valence-corrected chi connectivity index (χ3v) is 6.43. The molecule has 2 N–H and O–H groups in total. The number of amides is 2. The van der Waals surface area contributed by atoms with Gasteiger partial charge >= 0.3 is 0 Å². The van der Waals surface area contributed by atoms with Crippen molar-refractivity contribution in [3.05, 3.63) is 93.3 Å². The first-order chi connectivity index (χ1) is 15.6. The van der Waals surface area contributed by atoms with Gasteiger partial charge in [0.15, 0.2) is 0 Å². The van der Waals surface area contributed by atoms with E-state index in [1.807, 2.05) is 0 Å². The van der Waals surface area contributed by atoms with E-state index in [0.717, 1.165) is 6.20 Å². The second-order valence-electron chi connectivity index (χ2n) is 7.36. The van der Waals surface area contributed by atoms with Crippen LogP contribution in [0.5, 0.6) is 0 Å². The number of alkyl halides is 2. The summed E-state index contributed by atoms with van der Waals surface area (Å²) in [6.07, 6.45) is 1.15. The number of anilines is 1. The van der Waals surface area contributed by atoms with Gasteiger partial charge in [-0.05, 0) is 60.2 Å². The van der Waals surface area contributed by atoms with E-state index in [-0.39, 0.29) is 11.1 Å². The molecule has 0 radical (unpaired) electrons. The van der Waals surface area contributed by atoms with Crippen LogP contribution in [-0.2, 0) is 4.79 Å². The van der Waals surface area contributed by atoms with Crippen molar-refractivity contribution in [2.45, 2.75) is 10.3 Å². The van der Waals surface area contributed by atoms with Crippen molar-refractivity contribution in [3.8, 4) is 0 Å². The first-order valence-electron chi connectivity index (χ1n) is 9.47. The highest BCUT2D eigenvalue weighted by Crippen LogP contribution is 2.65. The van der Waals surface area contributed by atoms with E-state index in [1.165, 1.54) is 36.4 Å². The zero-order valence-electron chi connectivity index (χ0n) is 16.5. The summed E-state index contributed by atoms with van der Waals surface area (Å²) in [5.41, 5.74) is 0.715. The highest BCUT2D eigenvalue weighted by molar-refractivity contribution is 6.53. The van der Waals surface area contributed by atoms with Gasteiger partial charge in [-0.1, -0.05) is 23.2 Å². The second kappa shape index (κ2) is 8.99. The topological polar surface area (TPSA) is 83.7 Å². The minimum Gasteiger partial charge on any atom is -0.428 e. The van der Waals surface area contributed by atoms with Gasteiger partial charge in [-0.2, -0.15) is 4.73 Å². The van der Waals surface area contributed by atoms with Crippen molar-refractivity contribution >= 4 is 63.9 Å². The van der Waals surface area contributed by atoms with Crippen LogP contribution in [0.4, 0.5) is 10.1 Å². The van der Waals surface area contributed by atoms with Gasteiger partial charge in [-0.25, -0.2) is 9.38 Å². The number of halogens is 5. The molecule has 170 valence electrons. The number of carbonyl (C=O) groups is 2. The molecule has 1 heterocycles. The summed E-state index contributed by atoms with van der Waals surface area (Å²) in [6, 6.07) is 12.4. The van der Waals surface area contributed by atoms with Crippen LogP contribution in [0.1, 0.15) is 22.0 Å². The third kappa shape index (κ3) is 5.01. The highest BCUT2D eigenvalue weighted by atomic mass is 35.5. The first-order valence-corrected chi connectivity index (χ1v) is 11.0. The second-order valence-corrected chi connectivity index (χ2v) is 9.68. The third-order valence-electron chi connectivity index (χ3n) is 5.06. The molecule has 1 aromatic heterocycles. The van der Waals surface area contributed by atoms with E-state index >= 15 is 0 Å². The van der Waals surface area contributed by atoms with Crippen LogP contribution in [0.25, 0.3) is 0 Å². The van der Waals surface area contributed by atoms with Gasteiger partial charge in [0.05, 0.1) is 11.3 Å². The van der Waals surface area contributed by atoms with Crippen LogP contribution in [0.15, 0.2) is 65.8 Å². The molecule has 0 spiro atoms. The van der Waals surface area contributed by atoms with E-state index in [9.17, 15) is 19.2 Å². The Balaban J connectivity index is 1.58. The number of rotatable bonds is 4. The van der Waals surface area contributed by atoms with Gasteiger partial charge in [-0.15, -0.1) is 23.2 Å². The van der Waals surface area contributed by atoms with Crippen molar-refractivity contribution in [1.29, 1.82) is 0 Å². The van der Waals surface area contributed by atoms with Crippen LogP contribution in [0, 0.1) is 11.7 Å². The van der Waals surface area contributed by atoms with Gasteiger partial charge < -0.3 is 10.5 Å². The molecular weight excluding hydrogens is 515 g/mol. The van der Waals surface area contributed by atoms with Gasteiger partial charge in [0.1, 0.15) is 15.8 Å². The quantitative estimate of drug-likeness (QED) is 0.349. The molecule has 0 unspecified atom stereocenters. The fraction of sp³-hybridized carbons (Fsp3) is 0.136. The zero-order chi connectivity index (χ0) is 23.9. The summed E-state index contributed by atoms with van der Waals surface area (Å²) in [5.74, 6) is -3.19. The molecule has 1 saturated carbocycles. The van der Waals surface area contributed by atoms with Crippen molar-refractivity contribution < 1.29 is 19.2 Å². The largest absolute Gasteiger partial charge is 0.428 e. The fourth-order valence-corrected chi connectivity index (χ4v) is 4.81. The van der Waals surface area contributed by atoms with E-state index in [1.54, 1.807) is 18.2 Å². The molecule has 2 aromatic carbocycles. The van der Waals surface area contributed by atoms with E-state index in [4.69, 9.17) is 46.4 Å². The molecular formula is C22H14Cl4FN3O3. The first kappa shape index (κ1) is 23.6. The lowest BCUT2D eigenvalue weighted by Gasteiger charge is -2.08. The molecule has 1 fully saturated rings. The number of nitrogens with one attached hydrogen (secondary N) is 1. The van der Waals surface area contributed by atoms with E-state index in [0.29, 0.717) is 26.0 Å². The molecule has 33 heavy (non-hydrogen) atoms. The Kier molecular flexibility index (Phi) is 6.42. The Morgan fingerprint density at radius 3 is 2.30 bits per heavy atom. The van der Waals surface area contributed by atoms with E-state index in [2.05, 4.69) is 10.3 Å². The van der Waals surface area contributed by atoms with E-state index < -0.39 is 33.8 Å². The number of hydrogen-bond acceptors (Lipinski definition) is 3. The lowest BCUT2D eigenvalue weighted by Crippen LogP contribution is -2.22. The Morgan fingerprint density at radius 1 is 1.03 bits per heavy atom. The molecule has 4 rings (SSSR count). The molecule has 0 aliphatic heterocycles. The number of aromatic nitrogens is 1. The molecule has 1 aliphatic carbocycles. The highest BCUT2D eigenvalue weighted by Gasteiger charge is 2.67. The maximum Gasteiger partial charge on any atom is 0.275 e. The van der Waals surface area contributed by atoms with Crippen LogP contribution in [0.3, 0.4) is 0 Å². The molecule has 3 aromatic rings. The average Bonchev–Trinajstić information content (AvgIpc) is 3.32. The molecule has 2 atom stereocenters. The van der Waals surface area contributed by atoms with Gasteiger partial charge in [-0.3, -0.25) is 9.59 Å². The smallest absolute Gasteiger partial charge is 0.275 e. The lowest BCUT2D eigenvalue weighted by molar-refractivity contribution is -0.119. The minimum atomic E-state index is -1.40. The summed E-state index contributed by atoms with van der Waals surface area (Å²) in [7, 11) is 0. The summed E-state index contributed by atoms with van der Waals surface area (Å²) >= 11 is 24.8. The summed E-state index contributed by atoms with van der Waals surface area (Å²) in [5, 5.41) is 13.4. The van der Waals surface area contributed by atoms with Crippen LogP contribution < -0.4 is 10.7 Å². The van der Waals surface area contributed by atoms with Crippen LogP contribution >= 0.6 is 46.4 Å². The molecule has 0 saturated heterocycles. The standard InChI is InChI=1S/C22H14Cl4FN3O3/c23-12-7-11(8-13(24)9-12)18-19(22(18,25)26)21(32)29-16-5-6-30(33)17(10-16)20(31)28-15-3-1-14(27)2-4-15/h1-10,18-19,33H,(H,28,31)/t18-,19+/m1/s1. The van der Waals surface area contributed by atoms with Gasteiger partial charge in [0, 0.05) is 27.8 Å². The maximum absolute atomic E-state index is 13.1. The molecule has 0 bridgehead atoms. The van der Waals surface area contributed by atoms with Crippen molar-refractivity contribution in [3.63, 3.8) is 0 Å². The average molecular weight is 529 g/mol. The fourth-order valence-electron chi connectivity index (χ4n) is 3.45. The number of hydrogen-bond donors (Lipinski definition) is 2. The van der Waals surface area contributed by atoms with Gasteiger partial charge in [0.25, 0.3) is 11.8 Å². The number of nitrogens with zero attached hydrogens (tertiary/aromatic N) is 2. The maximum atomic E-state index is 13.1. The van der Waals surface area contributed by atoms with Crippen molar-refractivity contribution in [1.82, 2.24) is 4.73 Å². The molecule has 6 nitrogen and oxygen atoms in total. The Labute approximate surface area is 207 Å². The lowest BCUT2D eigenvalue weighted by atomic mass is 10.1. The summed E-state index contributed by atoms with van der Waals surface area (Å²) in [6.45, 7) is 0. The summed E-state index contributed by atoms with van der Waals surface area (Å²) < 4.78 is 12.2.